The van der Waals surface area contributed by atoms with Gasteiger partial charge in [-0.25, -0.2) is 4.39 Å². The van der Waals surface area contributed by atoms with Crippen LogP contribution in [0.2, 0.25) is 0 Å². The molecule has 1 aromatic carbocycles. The number of fused-ring (bicyclic) bond motifs is 1. The van der Waals surface area contributed by atoms with Gasteiger partial charge in [0.1, 0.15) is 0 Å². The van der Waals surface area contributed by atoms with Crippen molar-refractivity contribution in [1.82, 2.24) is 4.57 Å². The van der Waals surface area contributed by atoms with E-state index in [9.17, 15) is 41.0 Å². The number of carbonyl (C=O) groups excluding carboxylic acids is 1. The van der Waals surface area contributed by atoms with Crippen LogP contribution in [0.3, 0.4) is 0 Å². The first kappa shape index (κ1) is 23.0. The number of halogens is 6. The molecular formula is C18H11F6NO4S2. The van der Waals surface area contributed by atoms with Crippen molar-refractivity contribution in [2.45, 2.75) is 29.0 Å². The highest BCUT2D eigenvalue weighted by Gasteiger charge is 2.58. The van der Waals surface area contributed by atoms with E-state index < -0.39 is 57.3 Å². The summed E-state index contributed by atoms with van der Waals surface area (Å²) in [6, 6.07) is 3.73. The molecule has 0 amide bonds. The number of thioether (sulfide) groups is 1. The minimum absolute atomic E-state index is 0.0851. The average Bonchev–Trinajstić information content (AvgIpc) is 3.18. The van der Waals surface area contributed by atoms with Gasteiger partial charge in [-0.3, -0.25) is 14.2 Å². The normalized spacial score (nSPS) is 12.5. The Kier molecular flexibility index (Phi) is 5.78. The number of aliphatic carboxylic acids is 1. The van der Waals surface area contributed by atoms with E-state index in [1.807, 2.05) is 0 Å². The fourth-order valence-electron chi connectivity index (χ4n) is 2.91. The Morgan fingerprint density at radius 3 is 2.39 bits per heavy atom. The number of phenolic OH excluding ortho intramolecular Hbond substituents is 1. The van der Waals surface area contributed by atoms with Crippen molar-refractivity contribution in [3.05, 3.63) is 46.2 Å². The van der Waals surface area contributed by atoms with Crippen LogP contribution in [-0.2, 0) is 11.2 Å². The topological polar surface area (TPSA) is 79.5 Å². The number of carbonyl (C=O) groups is 2. The van der Waals surface area contributed by atoms with Crippen LogP contribution < -0.4 is 0 Å². The van der Waals surface area contributed by atoms with Crippen molar-refractivity contribution in [3.8, 4) is 5.75 Å². The molecule has 13 heteroatoms. The number of hydrogen-bond acceptors (Lipinski definition) is 5. The van der Waals surface area contributed by atoms with Gasteiger partial charge >= 0.3 is 17.4 Å². The number of benzene rings is 1. The highest BCUT2D eigenvalue weighted by molar-refractivity contribution is 8.02. The Balaban J connectivity index is 2.08. The van der Waals surface area contributed by atoms with Gasteiger partial charge in [-0.2, -0.15) is 22.0 Å². The molecule has 0 aliphatic rings. The minimum Gasteiger partial charge on any atom is -0.505 e. The number of nitrogens with zero attached hydrogens (tertiary/aromatic N) is 1. The lowest BCUT2D eigenvalue weighted by molar-refractivity contribution is -0.237. The first-order chi connectivity index (χ1) is 14.2. The number of carboxylic acids is 1. The van der Waals surface area contributed by atoms with Crippen molar-refractivity contribution >= 4 is 45.9 Å². The number of phenols is 1. The molecule has 3 rings (SSSR count). The maximum Gasteiger partial charge on any atom is 0.464 e. The zero-order valence-electron chi connectivity index (χ0n) is 15.3. The summed E-state index contributed by atoms with van der Waals surface area (Å²) in [5.74, 6) is -4.00. The van der Waals surface area contributed by atoms with E-state index in [-0.39, 0.29) is 27.0 Å². The average molecular weight is 483 g/mol. The largest absolute Gasteiger partial charge is 0.505 e. The second-order valence-electron chi connectivity index (χ2n) is 6.33. The third kappa shape index (κ3) is 4.24. The Labute approximate surface area is 177 Å². The molecule has 2 heterocycles. The van der Waals surface area contributed by atoms with Gasteiger partial charge in [-0.1, -0.05) is 0 Å². The molecule has 0 spiro atoms. The van der Waals surface area contributed by atoms with Crippen LogP contribution in [-0.4, -0.2) is 38.1 Å². The molecule has 0 aliphatic carbocycles. The predicted octanol–water partition coefficient (Wildman–Crippen LogP) is 5.42. The third-order valence-electron chi connectivity index (χ3n) is 4.29. The monoisotopic (exact) mass is 483 g/mol. The SMILES string of the molecule is Cc1c(CC(=O)O)c2cc(O)c(F)cc2n1C(=O)c1ccc(SC(F)(F)C(F)(F)F)s1. The molecule has 2 N–H and O–H groups in total. The second kappa shape index (κ2) is 7.79. The number of hydrogen-bond donors (Lipinski definition) is 2. The molecule has 0 radical (unpaired) electrons. The van der Waals surface area contributed by atoms with Crippen molar-refractivity contribution in [1.29, 1.82) is 0 Å². The number of aromatic hydroxyl groups is 1. The Morgan fingerprint density at radius 1 is 1.16 bits per heavy atom. The van der Waals surface area contributed by atoms with Crippen LogP contribution in [0.15, 0.2) is 28.5 Å². The predicted molar refractivity (Wildman–Crippen MR) is 101 cm³/mol. The zero-order valence-corrected chi connectivity index (χ0v) is 16.9. The number of carboxylic acid groups (broad SMARTS) is 1. The summed E-state index contributed by atoms with van der Waals surface area (Å²) in [4.78, 5) is 23.9. The maximum atomic E-state index is 13.9. The van der Waals surface area contributed by atoms with Gasteiger partial charge < -0.3 is 10.2 Å². The van der Waals surface area contributed by atoms with E-state index in [2.05, 4.69) is 0 Å². The van der Waals surface area contributed by atoms with E-state index in [4.69, 9.17) is 5.11 Å². The molecule has 31 heavy (non-hydrogen) atoms. The number of rotatable bonds is 5. The molecule has 2 aromatic heterocycles. The van der Waals surface area contributed by atoms with Gasteiger partial charge in [-0.05, 0) is 42.4 Å². The second-order valence-corrected chi connectivity index (χ2v) is 8.83. The van der Waals surface area contributed by atoms with Crippen LogP contribution in [0.25, 0.3) is 10.9 Å². The first-order valence-corrected chi connectivity index (χ1v) is 9.88. The van der Waals surface area contributed by atoms with E-state index in [1.54, 1.807) is 0 Å². The quantitative estimate of drug-likeness (QED) is 0.374. The van der Waals surface area contributed by atoms with E-state index in [0.717, 1.165) is 28.8 Å². The summed E-state index contributed by atoms with van der Waals surface area (Å²) in [5.41, 5.74) is 0.119. The van der Waals surface area contributed by atoms with Crippen molar-refractivity contribution < 1.29 is 46.1 Å². The van der Waals surface area contributed by atoms with Crippen LogP contribution in [0, 0.1) is 12.7 Å². The summed E-state index contributed by atoms with van der Waals surface area (Å²) in [6.45, 7) is 1.37. The Bertz CT molecular complexity index is 1200. The molecule has 0 saturated heterocycles. The molecule has 3 aromatic rings. The molecule has 5 nitrogen and oxygen atoms in total. The third-order valence-corrected chi connectivity index (χ3v) is 6.48. The van der Waals surface area contributed by atoms with Gasteiger partial charge in [0.05, 0.1) is 21.0 Å². The summed E-state index contributed by atoms with van der Waals surface area (Å²) in [6.07, 6.45) is -6.35. The summed E-state index contributed by atoms with van der Waals surface area (Å²) in [5, 5.41) is 13.8. The number of alkyl halides is 5. The van der Waals surface area contributed by atoms with Crippen molar-refractivity contribution in [2.24, 2.45) is 0 Å². The molecular weight excluding hydrogens is 472 g/mol. The van der Waals surface area contributed by atoms with Crippen LogP contribution in [0.5, 0.6) is 5.75 Å². The molecule has 0 saturated carbocycles. The summed E-state index contributed by atoms with van der Waals surface area (Å²) < 4.78 is 78.1. The van der Waals surface area contributed by atoms with E-state index >= 15 is 0 Å². The Morgan fingerprint density at radius 2 is 1.81 bits per heavy atom. The van der Waals surface area contributed by atoms with Gasteiger partial charge in [0.2, 0.25) is 0 Å². The van der Waals surface area contributed by atoms with Gasteiger partial charge in [0.25, 0.3) is 5.91 Å². The van der Waals surface area contributed by atoms with Crippen molar-refractivity contribution in [2.75, 3.05) is 0 Å². The van der Waals surface area contributed by atoms with Gasteiger partial charge in [0, 0.05) is 17.1 Å². The molecule has 166 valence electrons. The lowest BCUT2D eigenvalue weighted by atomic mass is 10.1. The van der Waals surface area contributed by atoms with E-state index in [0.29, 0.717) is 11.3 Å². The fourth-order valence-corrected chi connectivity index (χ4v) is 4.83. The van der Waals surface area contributed by atoms with E-state index in [1.165, 1.54) is 6.92 Å². The molecule has 0 unspecified atom stereocenters. The highest BCUT2D eigenvalue weighted by Crippen LogP contribution is 2.49. The standard InChI is InChI=1S/C18H11F6NO4S2/c1-7-8(5-14(27)28)9-4-12(26)10(19)6-11(9)25(7)16(29)13-2-3-15(30-13)31-18(23,24)17(20,21)22/h2-4,6,26H,5H2,1H3,(H,27,28). The molecule has 0 bridgehead atoms. The smallest absolute Gasteiger partial charge is 0.464 e. The van der Waals surface area contributed by atoms with Crippen molar-refractivity contribution in [3.63, 3.8) is 0 Å². The molecule has 0 aliphatic heterocycles. The maximum absolute atomic E-state index is 13.9. The lowest BCUT2D eigenvalue weighted by Crippen LogP contribution is -2.32. The summed E-state index contributed by atoms with van der Waals surface area (Å²) in [7, 11) is 0. The molecule has 0 atom stereocenters. The zero-order chi connectivity index (χ0) is 23.3. The highest BCUT2D eigenvalue weighted by atomic mass is 32.2. The Hall–Kier alpha value is -2.67. The fraction of sp³-hybridized carbons (Fsp3) is 0.222. The first-order valence-electron chi connectivity index (χ1n) is 8.25. The van der Waals surface area contributed by atoms with Crippen LogP contribution in [0.4, 0.5) is 26.3 Å². The number of thiophene rings is 1. The summed E-state index contributed by atoms with van der Waals surface area (Å²) >= 11 is -0.380. The molecule has 0 fully saturated rings. The van der Waals surface area contributed by atoms with Gasteiger partial charge in [0.15, 0.2) is 11.6 Å². The minimum atomic E-state index is -5.79. The number of aromatic nitrogens is 1. The van der Waals surface area contributed by atoms with Crippen LogP contribution in [0.1, 0.15) is 20.9 Å². The van der Waals surface area contributed by atoms with Crippen LogP contribution >= 0.6 is 23.1 Å². The van der Waals surface area contributed by atoms with Gasteiger partial charge in [-0.15, -0.1) is 11.3 Å². The lowest BCUT2D eigenvalue weighted by Gasteiger charge is -2.17.